The van der Waals surface area contributed by atoms with E-state index in [0.29, 0.717) is 6.04 Å². The van der Waals surface area contributed by atoms with Crippen LogP contribution in [0.3, 0.4) is 0 Å². The SMILES string of the molecule is CB(O)NC1CCN(c2nnc(Cc3ccc(C)cc3)s2)C1. The molecule has 0 aliphatic carbocycles. The summed E-state index contributed by atoms with van der Waals surface area (Å²) in [5.74, 6) is 0. The average molecular weight is 316 g/mol. The Kier molecular flexibility index (Phi) is 4.76. The predicted octanol–water partition coefficient (Wildman–Crippen LogP) is 1.72. The summed E-state index contributed by atoms with van der Waals surface area (Å²) in [6.45, 7) is 5.69. The summed E-state index contributed by atoms with van der Waals surface area (Å²) in [6, 6.07) is 8.88. The van der Waals surface area contributed by atoms with Crippen LogP contribution in [0.15, 0.2) is 24.3 Å². The van der Waals surface area contributed by atoms with Crippen molar-refractivity contribution in [3.63, 3.8) is 0 Å². The molecule has 0 amide bonds. The van der Waals surface area contributed by atoms with Gasteiger partial charge in [0.25, 0.3) is 0 Å². The van der Waals surface area contributed by atoms with Crippen LogP contribution in [0.4, 0.5) is 5.13 Å². The molecule has 2 aromatic rings. The van der Waals surface area contributed by atoms with E-state index in [-0.39, 0.29) is 0 Å². The molecule has 22 heavy (non-hydrogen) atoms. The molecule has 3 rings (SSSR count). The van der Waals surface area contributed by atoms with Gasteiger partial charge >= 0.3 is 7.05 Å². The minimum absolute atomic E-state index is 0.324. The molecule has 1 atom stereocenters. The number of benzene rings is 1. The molecule has 0 saturated carbocycles. The van der Waals surface area contributed by atoms with Gasteiger partial charge in [0.1, 0.15) is 5.01 Å². The maximum Gasteiger partial charge on any atom is 0.373 e. The topological polar surface area (TPSA) is 61.3 Å². The molecule has 2 heterocycles. The van der Waals surface area contributed by atoms with Gasteiger partial charge in [-0.1, -0.05) is 41.2 Å². The van der Waals surface area contributed by atoms with Crippen molar-refractivity contribution in [2.45, 2.75) is 32.6 Å². The van der Waals surface area contributed by atoms with Crippen LogP contribution in [0.2, 0.25) is 6.82 Å². The zero-order chi connectivity index (χ0) is 15.5. The van der Waals surface area contributed by atoms with Gasteiger partial charge in [-0.2, -0.15) is 0 Å². The van der Waals surface area contributed by atoms with Gasteiger partial charge in [-0.3, -0.25) is 0 Å². The molecule has 2 N–H and O–H groups in total. The number of aryl methyl sites for hydroxylation is 1. The van der Waals surface area contributed by atoms with E-state index in [4.69, 9.17) is 0 Å². The third kappa shape index (κ3) is 3.85. The van der Waals surface area contributed by atoms with Gasteiger partial charge < -0.3 is 15.2 Å². The van der Waals surface area contributed by atoms with Crippen molar-refractivity contribution in [1.29, 1.82) is 0 Å². The van der Waals surface area contributed by atoms with Crippen LogP contribution in [0, 0.1) is 6.92 Å². The van der Waals surface area contributed by atoms with Gasteiger partial charge in [0.15, 0.2) is 0 Å². The Morgan fingerprint density at radius 1 is 1.36 bits per heavy atom. The molecule has 0 spiro atoms. The third-order valence-corrected chi connectivity index (χ3v) is 4.85. The molecule has 7 heteroatoms. The zero-order valence-electron chi connectivity index (χ0n) is 13.0. The molecule has 1 aromatic carbocycles. The second kappa shape index (κ2) is 6.77. The lowest BCUT2D eigenvalue weighted by Gasteiger charge is -2.15. The van der Waals surface area contributed by atoms with Crippen LogP contribution < -0.4 is 10.1 Å². The van der Waals surface area contributed by atoms with Crippen LogP contribution in [0.5, 0.6) is 0 Å². The number of rotatable bonds is 5. The number of anilines is 1. The first kappa shape index (κ1) is 15.5. The van der Waals surface area contributed by atoms with E-state index in [9.17, 15) is 5.02 Å². The number of hydrogen-bond donors (Lipinski definition) is 2. The van der Waals surface area contributed by atoms with Crippen LogP contribution in [-0.4, -0.2) is 41.4 Å². The smallest absolute Gasteiger partial charge is 0.373 e. The molecule has 116 valence electrons. The minimum Gasteiger partial charge on any atom is -0.437 e. The summed E-state index contributed by atoms with van der Waals surface area (Å²) in [6.07, 6.45) is 1.86. The highest BCUT2D eigenvalue weighted by Gasteiger charge is 2.26. The molecule has 1 aliphatic heterocycles. The van der Waals surface area contributed by atoms with Crippen LogP contribution in [0.1, 0.15) is 22.6 Å². The van der Waals surface area contributed by atoms with E-state index < -0.39 is 7.05 Å². The summed E-state index contributed by atoms with van der Waals surface area (Å²) >= 11 is 1.66. The molecule has 0 bridgehead atoms. The van der Waals surface area contributed by atoms with E-state index in [1.165, 1.54) is 11.1 Å². The van der Waals surface area contributed by atoms with E-state index in [2.05, 4.69) is 51.5 Å². The molecular formula is C15H21BN4OS. The lowest BCUT2D eigenvalue weighted by molar-refractivity contribution is 0.528. The van der Waals surface area contributed by atoms with Gasteiger partial charge in [0.05, 0.1) is 0 Å². The first-order chi connectivity index (χ1) is 10.6. The van der Waals surface area contributed by atoms with Crippen molar-refractivity contribution in [2.75, 3.05) is 18.0 Å². The van der Waals surface area contributed by atoms with Gasteiger partial charge in [0.2, 0.25) is 5.13 Å². The minimum atomic E-state index is -0.462. The van der Waals surface area contributed by atoms with Crippen molar-refractivity contribution in [3.8, 4) is 0 Å². The highest BCUT2D eigenvalue weighted by Crippen LogP contribution is 2.25. The second-order valence-electron chi connectivity index (χ2n) is 5.92. The quantitative estimate of drug-likeness (QED) is 0.823. The van der Waals surface area contributed by atoms with E-state index >= 15 is 0 Å². The fourth-order valence-corrected chi connectivity index (χ4v) is 3.64. The summed E-state index contributed by atoms with van der Waals surface area (Å²) in [7, 11) is -0.462. The van der Waals surface area contributed by atoms with Crippen molar-refractivity contribution < 1.29 is 5.02 Å². The predicted molar refractivity (Wildman–Crippen MR) is 91.5 cm³/mol. The highest BCUT2D eigenvalue weighted by molar-refractivity contribution is 7.15. The first-order valence-corrected chi connectivity index (χ1v) is 8.49. The van der Waals surface area contributed by atoms with Crippen LogP contribution in [-0.2, 0) is 6.42 Å². The Balaban J connectivity index is 1.61. The van der Waals surface area contributed by atoms with Crippen molar-refractivity contribution in [1.82, 2.24) is 15.4 Å². The lowest BCUT2D eigenvalue weighted by Crippen LogP contribution is -2.41. The van der Waals surface area contributed by atoms with Gasteiger partial charge in [0, 0.05) is 25.6 Å². The number of nitrogens with one attached hydrogen (secondary N) is 1. The number of aromatic nitrogens is 2. The monoisotopic (exact) mass is 316 g/mol. The van der Waals surface area contributed by atoms with E-state index in [1.807, 2.05) is 0 Å². The van der Waals surface area contributed by atoms with Crippen molar-refractivity contribution in [3.05, 3.63) is 40.4 Å². The van der Waals surface area contributed by atoms with Gasteiger partial charge in [-0.25, -0.2) is 0 Å². The molecule has 1 unspecified atom stereocenters. The van der Waals surface area contributed by atoms with Gasteiger partial charge in [-0.05, 0) is 25.7 Å². The maximum atomic E-state index is 9.40. The third-order valence-electron chi connectivity index (χ3n) is 3.87. The second-order valence-corrected chi connectivity index (χ2v) is 6.96. The summed E-state index contributed by atoms with van der Waals surface area (Å²) in [5, 5.41) is 23.2. The van der Waals surface area contributed by atoms with Crippen LogP contribution in [0.25, 0.3) is 0 Å². The molecule has 5 nitrogen and oxygen atoms in total. The fourth-order valence-electron chi connectivity index (χ4n) is 2.74. The Hall–Kier alpha value is -1.44. The van der Waals surface area contributed by atoms with Crippen LogP contribution >= 0.6 is 11.3 Å². The summed E-state index contributed by atoms with van der Waals surface area (Å²) in [5.41, 5.74) is 2.54. The number of hydrogen-bond acceptors (Lipinski definition) is 6. The zero-order valence-corrected chi connectivity index (χ0v) is 13.8. The highest BCUT2D eigenvalue weighted by atomic mass is 32.1. The standard InChI is InChI=1S/C15H21BN4OS/c1-11-3-5-12(6-4-11)9-14-18-19-15(22-14)20-8-7-13(10-20)17-16(2)21/h3-6,13,17,21H,7-10H2,1-2H3. The Morgan fingerprint density at radius 2 is 2.14 bits per heavy atom. The van der Waals surface area contributed by atoms with E-state index in [0.717, 1.165) is 36.1 Å². The Bertz CT molecular complexity index is 616. The number of nitrogens with zero attached hydrogens (tertiary/aromatic N) is 3. The summed E-state index contributed by atoms with van der Waals surface area (Å²) < 4.78 is 0. The molecule has 1 aromatic heterocycles. The largest absolute Gasteiger partial charge is 0.437 e. The average Bonchev–Trinajstić information content (AvgIpc) is 3.10. The van der Waals surface area contributed by atoms with Crippen molar-refractivity contribution in [2.24, 2.45) is 0 Å². The Labute approximate surface area is 135 Å². The lowest BCUT2D eigenvalue weighted by atomic mass is 9.87. The van der Waals surface area contributed by atoms with Crippen molar-refractivity contribution >= 4 is 23.5 Å². The molecule has 1 saturated heterocycles. The molecular weight excluding hydrogens is 295 g/mol. The van der Waals surface area contributed by atoms with Gasteiger partial charge in [-0.15, -0.1) is 10.2 Å². The molecule has 0 radical (unpaired) electrons. The molecule has 1 fully saturated rings. The Morgan fingerprint density at radius 3 is 2.86 bits per heavy atom. The fraction of sp³-hybridized carbons (Fsp3) is 0.467. The normalized spacial score (nSPS) is 18.0. The first-order valence-electron chi connectivity index (χ1n) is 7.67. The summed E-state index contributed by atoms with van der Waals surface area (Å²) in [4.78, 5) is 2.25. The molecule has 1 aliphatic rings. The van der Waals surface area contributed by atoms with E-state index in [1.54, 1.807) is 18.2 Å². The maximum absolute atomic E-state index is 9.40.